The Bertz CT molecular complexity index is 309. The molecule has 1 amide bonds. The number of carbonyl (C=O) groups is 1. The lowest BCUT2D eigenvalue weighted by atomic mass is 10.3. The minimum Gasteiger partial charge on any atom is -0.368 e. The second-order valence-electron chi connectivity index (χ2n) is 3.05. The highest BCUT2D eigenvalue weighted by Gasteiger charge is 2.04. The van der Waals surface area contributed by atoms with E-state index in [0.717, 1.165) is 5.56 Å². The number of nitrogens with zero attached hydrogens (tertiary/aromatic N) is 2. The molecule has 1 rings (SSSR count). The lowest BCUT2D eigenvalue weighted by Crippen LogP contribution is -2.31. The zero-order valence-electron chi connectivity index (χ0n) is 8.10. The summed E-state index contributed by atoms with van der Waals surface area (Å²) in [4.78, 5) is 16.5. The second kappa shape index (κ2) is 4.57. The minimum absolute atomic E-state index is 0.162. The average molecular weight is 194 g/mol. The van der Waals surface area contributed by atoms with Crippen molar-refractivity contribution in [1.29, 1.82) is 0 Å². The maximum atomic E-state index is 10.6. The summed E-state index contributed by atoms with van der Waals surface area (Å²) in [5, 5.41) is 0. The first kappa shape index (κ1) is 10.5. The number of hydrogen-bond acceptors (Lipinski definition) is 4. The molecule has 0 fully saturated rings. The van der Waals surface area contributed by atoms with E-state index < -0.39 is 0 Å². The fourth-order valence-corrected chi connectivity index (χ4v) is 1.08. The van der Waals surface area contributed by atoms with E-state index in [1.807, 2.05) is 12.1 Å². The van der Waals surface area contributed by atoms with Crippen molar-refractivity contribution in [2.75, 3.05) is 18.5 Å². The predicted octanol–water partition coefficient (Wildman–Crippen LogP) is -0.538. The van der Waals surface area contributed by atoms with Gasteiger partial charge in [0.25, 0.3) is 0 Å². The summed E-state index contributed by atoms with van der Waals surface area (Å²) in [6.07, 6.45) is 1.69. The molecule has 1 heterocycles. The Kier molecular flexibility index (Phi) is 3.41. The largest absolute Gasteiger partial charge is 0.368 e. The zero-order valence-corrected chi connectivity index (χ0v) is 8.10. The molecule has 0 saturated carbocycles. The van der Waals surface area contributed by atoms with Crippen LogP contribution in [0.1, 0.15) is 5.56 Å². The lowest BCUT2D eigenvalue weighted by molar-refractivity contribution is -0.116. The Morgan fingerprint density at radius 3 is 2.71 bits per heavy atom. The van der Waals surface area contributed by atoms with E-state index in [1.54, 1.807) is 18.1 Å². The van der Waals surface area contributed by atoms with Gasteiger partial charge in [-0.05, 0) is 11.6 Å². The smallest absolute Gasteiger partial charge is 0.236 e. The van der Waals surface area contributed by atoms with Crippen molar-refractivity contribution in [2.45, 2.75) is 6.54 Å². The van der Waals surface area contributed by atoms with Gasteiger partial charge in [0.1, 0.15) is 5.82 Å². The summed E-state index contributed by atoms with van der Waals surface area (Å²) in [6.45, 7) is 0.627. The van der Waals surface area contributed by atoms with Crippen LogP contribution < -0.4 is 16.4 Å². The van der Waals surface area contributed by atoms with Gasteiger partial charge in [-0.3, -0.25) is 4.79 Å². The topological polar surface area (TPSA) is 85.2 Å². The summed E-state index contributed by atoms with van der Waals surface area (Å²) >= 11 is 0. The standard InChI is InChI=1S/C9H14N4O/c1-13(6-8(11)14)9-3-2-7(4-10)5-12-9/h2-3,5H,4,6,10H2,1H3,(H2,11,14). The number of pyridine rings is 1. The molecule has 0 aliphatic rings. The van der Waals surface area contributed by atoms with Crippen molar-refractivity contribution >= 4 is 11.7 Å². The number of amides is 1. The summed E-state index contributed by atoms with van der Waals surface area (Å²) in [6, 6.07) is 3.69. The summed E-state index contributed by atoms with van der Waals surface area (Å²) in [5.74, 6) is 0.332. The van der Waals surface area contributed by atoms with Crippen molar-refractivity contribution < 1.29 is 4.79 Å². The van der Waals surface area contributed by atoms with Gasteiger partial charge < -0.3 is 16.4 Å². The number of aromatic nitrogens is 1. The van der Waals surface area contributed by atoms with E-state index in [1.165, 1.54) is 0 Å². The van der Waals surface area contributed by atoms with E-state index in [-0.39, 0.29) is 12.5 Å². The third-order valence-corrected chi connectivity index (χ3v) is 1.83. The van der Waals surface area contributed by atoms with Crippen molar-refractivity contribution in [3.63, 3.8) is 0 Å². The highest BCUT2D eigenvalue weighted by atomic mass is 16.1. The molecule has 5 heteroatoms. The summed E-state index contributed by atoms with van der Waals surface area (Å²) < 4.78 is 0. The lowest BCUT2D eigenvalue weighted by Gasteiger charge is -2.15. The van der Waals surface area contributed by atoms with Gasteiger partial charge in [0, 0.05) is 19.8 Å². The zero-order chi connectivity index (χ0) is 10.6. The van der Waals surface area contributed by atoms with Crippen molar-refractivity contribution in [3.05, 3.63) is 23.9 Å². The van der Waals surface area contributed by atoms with E-state index in [2.05, 4.69) is 4.98 Å². The maximum Gasteiger partial charge on any atom is 0.236 e. The molecule has 0 bridgehead atoms. The third kappa shape index (κ3) is 2.70. The van der Waals surface area contributed by atoms with Gasteiger partial charge >= 0.3 is 0 Å². The number of hydrogen-bond donors (Lipinski definition) is 2. The molecule has 0 spiro atoms. The SMILES string of the molecule is CN(CC(N)=O)c1ccc(CN)cn1. The van der Waals surface area contributed by atoms with Gasteiger partial charge in [0.15, 0.2) is 0 Å². The first-order valence-corrected chi connectivity index (χ1v) is 4.28. The maximum absolute atomic E-state index is 10.6. The number of likely N-dealkylation sites (N-methyl/N-ethyl adjacent to an activating group) is 1. The fraction of sp³-hybridized carbons (Fsp3) is 0.333. The Labute approximate surface area is 82.7 Å². The van der Waals surface area contributed by atoms with Crippen LogP contribution in [0.15, 0.2) is 18.3 Å². The van der Waals surface area contributed by atoms with Crippen LogP contribution in [0.4, 0.5) is 5.82 Å². The first-order chi connectivity index (χ1) is 6.63. The number of nitrogens with two attached hydrogens (primary N) is 2. The average Bonchev–Trinajstić information content (AvgIpc) is 2.17. The molecule has 1 aromatic rings. The number of carbonyl (C=O) groups excluding carboxylic acids is 1. The van der Waals surface area contributed by atoms with Gasteiger partial charge in [-0.1, -0.05) is 6.07 Å². The van der Waals surface area contributed by atoms with Gasteiger partial charge in [0.2, 0.25) is 5.91 Å². The first-order valence-electron chi connectivity index (χ1n) is 4.28. The predicted molar refractivity (Wildman–Crippen MR) is 54.6 cm³/mol. The molecule has 1 aromatic heterocycles. The monoisotopic (exact) mass is 194 g/mol. The molecule has 0 aromatic carbocycles. The van der Waals surface area contributed by atoms with Crippen LogP contribution in [0.2, 0.25) is 0 Å². The molecule has 0 aliphatic heterocycles. The van der Waals surface area contributed by atoms with E-state index in [4.69, 9.17) is 11.5 Å². The molecule has 4 N–H and O–H groups in total. The number of anilines is 1. The summed E-state index contributed by atoms with van der Waals surface area (Å²) in [7, 11) is 1.76. The number of primary amides is 1. The van der Waals surface area contributed by atoms with E-state index in [9.17, 15) is 4.79 Å². The van der Waals surface area contributed by atoms with Crippen LogP contribution in [0, 0.1) is 0 Å². The molecule has 0 atom stereocenters. The van der Waals surface area contributed by atoms with E-state index >= 15 is 0 Å². The molecule has 0 saturated heterocycles. The summed E-state index contributed by atoms with van der Waals surface area (Å²) in [5.41, 5.74) is 11.4. The molecule has 0 radical (unpaired) electrons. The Morgan fingerprint density at radius 2 is 2.29 bits per heavy atom. The normalized spacial score (nSPS) is 9.86. The molecule has 76 valence electrons. The Hall–Kier alpha value is -1.62. The van der Waals surface area contributed by atoms with Gasteiger partial charge in [-0.25, -0.2) is 4.98 Å². The van der Waals surface area contributed by atoms with Crippen LogP contribution in [0.5, 0.6) is 0 Å². The van der Waals surface area contributed by atoms with E-state index in [0.29, 0.717) is 12.4 Å². The van der Waals surface area contributed by atoms with Crippen LogP contribution in [0.25, 0.3) is 0 Å². The van der Waals surface area contributed by atoms with Crippen LogP contribution in [0.3, 0.4) is 0 Å². The quantitative estimate of drug-likeness (QED) is 0.674. The molecular weight excluding hydrogens is 180 g/mol. The Morgan fingerprint density at radius 1 is 1.57 bits per heavy atom. The van der Waals surface area contributed by atoms with Crippen molar-refractivity contribution in [1.82, 2.24) is 4.98 Å². The van der Waals surface area contributed by atoms with Gasteiger partial charge in [-0.15, -0.1) is 0 Å². The molecule has 0 aliphatic carbocycles. The van der Waals surface area contributed by atoms with Crippen molar-refractivity contribution in [3.8, 4) is 0 Å². The molecule has 5 nitrogen and oxygen atoms in total. The second-order valence-corrected chi connectivity index (χ2v) is 3.05. The minimum atomic E-state index is -0.378. The van der Waals surface area contributed by atoms with Gasteiger partial charge in [-0.2, -0.15) is 0 Å². The van der Waals surface area contributed by atoms with Crippen LogP contribution in [-0.4, -0.2) is 24.5 Å². The fourth-order valence-electron chi connectivity index (χ4n) is 1.08. The van der Waals surface area contributed by atoms with Crippen molar-refractivity contribution in [2.24, 2.45) is 11.5 Å². The molecule has 14 heavy (non-hydrogen) atoms. The molecular formula is C9H14N4O. The Balaban J connectivity index is 2.71. The molecule has 0 unspecified atom stereocenters. The third-order valence-electron chi connectivity index (χ3n) is 1.83. The van der Waals surface area contributed by atoms with Crippen LogP contribution in [-0.2, 0) is 11.3 Å². The highest BCUT2D eigenvalue weighted by Crippen LogP contribution is 2.08. The number of rotatable bonds is 4. The van der Waals surface area contributed by atoms with Crippen LogP contribution >= 0.6 is 0 Å². The highest BCUT2D eigenvalue weighted by molar-refractivity contribution is 5.78. The van der Waals surface area contributed by atoms with Gasteiger partial charge in [0.05, 0.1) is 6.54 Å².